The summed E-state index contributed by atoms with van der Waals surface area (Å²) in [5, 5.41) is -1.15. The van der Waals surface area contributed by atoms with Gasteiger partial charge in [-0.15, -0.1) is 0 Å². The third-order valence-electron chi connectivity index (χ3n) is 3.58. The van der Waals surface area contributed by atoms with E-state index in [1.165, 1.54) is 0 Å². The van der Waals surface area contributed by atoms with E-state index in [-0.39, 0.29) is 11.2 Å². The van der Waals surface area contributed by atoms with Crippen LogP contribution in [0.1, 0.15) is 12.0 Å². The molecule has 0 aromatic heterocycles. The van der Waals surface area contributed by atoms with Gasteiger partial charge in [-0.05, 0) is 31.0 Å². The van der Waals surface area contributed by atoms with Crippen LogP contribution in [-0.2, 0) is 14.6 Å². The van der Waals surface area contributed by atoms with Crippen molar-refractivity contribution in [1.82, 2.24) is 0 Å². The van der Waals surface area contributed by atoms with Gasteiger partial charge in [-0.3, -0.25) is 4.79 Å². The summed E-state index contributed by atoms with van der Waals surface area (Å²) in [5.41, 5.74) is 1.87. The number of fused-ring (bicyclic) bond motifs is 2. The Kier molecular flexibility index (Phi) is 2.10. The molecule has 3 saturated heterocycles. The first-order chi connectivity index (χ1) is 8.00. The second-order valence-corrected chi connectivity index (χ2v) is 7.14. The van der Waals surface area contributed by atoms with E-state index in [4.69, 9.17) is 0 Å². The maximum atomic E-state index is 12.0. The molecule has 0 aliphatic carbocycles. The molecule has 3 aliphatic heterocycles. The van der Waals surface area contributed by atoms with Crippen LogP contribution in [0.15, 0.2) is 24.3 Å². The van der Waals surface area contributed by atoms with Crippen LogP contribution in [0.5, 0.6) is 0 Å². The largest absolute Gasteiger partial charge is 0.310 e. The number of benzene rings is 1. The fourth-order valence-corrected chi connectivity index (χ4v) is 4.37. The van der Waals surface area contributed by atoms with Crippen LogP contribution in [0, 0.1) is 6.92 Å². The standard InChI is InChI=1S/C12H13NO3S/c1-8-3-2-4-9(5-8)13-7-10-6-11(12(13)14)17(10,15)16/h2-5,10-11H,6-7H2,1H3. The summed E-state index contributed by atoms with van der Waals surface area (Å²) >= 11 is 0. The van der Waals surface area contributed by atoms with Crippen molar-refractivity contribution in [2.24, 2.45) is 0 Å². The maximum Gasteiger partial charge on any atom is 0.245 e. The van der Waals surface area contributed by atoms with E-state index in [1.54, 1.807) is 4.90 Å². The molecule has 90 valence electrons. The minimum absolute atomic E-state index is 0.266. The molecule has 4 nitrogen and oxygen atoms in total. The molecule has 0 N–H and O–H groups in total. The van der Waals surface area contributed by atoms with Gasteiger partial charge >= 0.3 is 0 Å². The minimum Gasteiger partial charge on any atom is -0.310 e. The molecule has 3 fully saturated rings. The number of carbonyl (C=O) groups is 1. The van der Waals surface area contributed by atoms with Crippen molar-refractivity contribution in [3.05, 3.63) is 29.8 Å². The lowest BCUT2D eigenvalue weighted by molar-refractivity contribution is -0.119. The molecule has 5 heteroatoms. The quantitative estimate of drug-likeness (QED) is 0.745. The number of hydrogen-bond acceptors (Lipinski definition) is 3. The van der Waals surface area contributed by atoms with Crippen LogP contribution in [-0.4, -0.2) is 31.4 Å². The number of anilines is 1. The van der Waals surface area contributed by atoms with Crippen molar-refractivity contribution in [1.29, 1.82) is 0 Å². The number of amides is 1. The first kappa shape index (κ1) is 10.8. The zero-order valence-electron chi connectivity index (χ0n) is 9.46. The van der Waals surface area contributed by atoms with Gasteiger partial charge in [0.15, 0.2) is 9.84 Å². The van der Waals surface area contributed by atoms with Gasteiger partial charge in [0.25, 0.3) is 0 Å². The van der Waals surface area contributed by atoms with Crippen LogP contribution in [0.4, 0.5) is 5.69 Å². The maximum absolute atomic E-state index is 12.0. The second-order valence-electron chi connectivity index (χ2n) is 4.72. The van der Waals surface area contributed by atoms with Gasteiger partial charge < -0.3 is 4.90 Å². The molecule has 17 heavy (non-hydrogen) atoms. The molecule has 4 rings (SSSR count). The molecule has 0 radical (unpaired) electrons. The molecule has 1 amide bonds. The Morgan fingerprint density at radius 3 is 2.71 bits per heavy atom. The zero-order chi connectivity index (χ0) is 12.2. The van der Waals surface area contributed by atoms with Gasteiger partial charge in [0.2, 0.25) is 5.91 Å². The van der Waals surface area contributed by atoms with Crippen LogP contribution >= 0.6 is 0 Å². The number of piperidine rings is 1. The monoisotopic (exact) mass is 251 g/mol. The minimum atomic E-state index is -3.16. The van der Waals surface area contributed by atoms with Gasteiger partial charge in [-0.2, -0.15) is 0 Å². The first-order valence-corrected chi connectivity index (χ1v) is 7.22. The summed E-state index contributed by atoms with van der Waals surface area (Å²) in [5.74, 6) is -0.266. The summed E-state index contributed by atoms with van der Waals surface area (Å²) in [6.45, 7) is 2.26. The lowest BCUT2D eigenvalue weighted by Gasteiger charge is -2.45. The van der Waals surface area contributed by atoms with Gasteiger partial charge in [0.05, 0.1) is 5.25 Å². The Balaban J connectivity index is 1.96. The molecule has 0 spiro atoms. The Morgan fingerprint density at radius 1 is 1.35 bits per heavy atom. The van der Waals surface area contributed by atoms with Gasteiger partial charge in [0, 0.05) is 12.2 Å². The van der Waals surface area contributed by atoms with Crippen molar-refractivity contribution in [2.75, 3.05) is 11.4 Å². The summed E-state index contributed by atoms with van der Waals surface area (Å²) < 4.78 is 23.3. The highest BCUT2D eigenvalue weighted by atomic mass is 32.2. The second kappa shape index (κ2) is 3.32. The lowest BCUT2D eigenvalue weighted by Crippen LogP contribution is -2.65. The van der Waals surface area contributed by atoms with Crippen molar-refractivity contribution in [3.63, 3.8) is 0 Å². The Hall–Kier alpha value is -1.36. The van der Waals surface area contributed by atoms with Gasteiger partial charge in [-0.1, -0.05) is 12.1 Å². The molecule has 1 aromatic rings. The summed E-state index contributed by atoms with van der Waals surface area (Å²) in [6, 6.07) is 7.60. The Labute approximate surface area is 100 Å². The van der Waals surface area contributed by atoms with Gasteiger partial charge in [-0.25, -0.2) is 8.42 Å². The number of rotatable bonds is 1. The van der Waals surface area contributed by atoms with E-state index in [1.807, 2.05) is 31.2 Å². The lowest BCUT2D eigenvalue weighted by atomic mass is 10.1. The number of nitrogens with zero attached hydrogens (tertiary/aromatic N) is 1. The highest BCUT2D eigenvalue weighted by molar-refractivity contribution is 7.95. The van der Waals surface area contributed by atoms with Crippen molar-refractivity contribution in [3.8, 4) is 0 Å². The fourth-order valence-electron chi connectivity index (χ4n) is 2.53. The Morgan fingerprint density at radius 2 is 2.12 bits per heavy atom. The summed E-state index contributed by atoms with van der Waals surface area (Å²) in [6.07, 6.45) is 0.503. The van der Waals surface area contributed by atoms with Crippen LogP contribution in [0.2, 0.25) is 0 Å². The Bertz CT molecular complexity index is 594. The van der Waals surface area contributed by atoms with Crippen LogP contribution in [0.25, 0.3) is 0 Å². The molecule has 1 aromatic carbocycles. The highest BCUT2D eigenvalue weighted by Crippen LogP contribution is 2.38. The molecule has 2 atom stereocenters. The molecule has 3 aliphatic rings. The van der Waals surface area contributed by atoms with Crippen molar-refractivity contribution >= 4 is 21.4 Å². The third kappa shape index (κ3) is 1.42. The van der Waals surface area contributed by atoms with Crippen molar-refractivity contribution in [2.45, 2.75) is 23.8 Å². The molecule has 2 bridgehead atoms. The summed E-state index contributed by atoms with van der Waals surface area (Å²) in [4.78, 5) is 13.6. The van der Waals surface area contributed by atoms with Crippen molar-refractivity contribution < 1.29 is 13.2 Å². The molecular formula is C12H13NO3S. The fraction of sp³-hybridized carbons (Fsp3) is 0.417. The molecule has 3 heterocycles. The average molecular weight is 251 g/mol. The zero-order valence-corrected chi connectivity index (χ0v) is 10.3. The average Bonchev–Trinajstić information content (AvgIpc) is 2.28. The smallest absolute Gasteiger partial charge is 0.245 e. The number of sulfone groups is 1. The first-order valence-electron chi connectivity index (χ1n) is 5.61. The third-order valence-corrected chi connectivity index (χ3v) is 6.04. The number of hydrogen-bond donors (Lipinski definition) is 0. The van der Waals surface area contributed by atoms with Crippen LogP contribution < -0.4 is 4.90 Å². The van der Waals surface area contributed by atoms with E-state index in [0.29, 0.717) is 13.0 Å². The topological polar surface area (TPSA) is 54.5 Å². The molecular weight excluding hydrogens is 238 g/mol. The van der Waals surface area contributed by atoms with E-state index in [0.717, 1.165) is 11.3 Å². The number of carbonyl (C=O) groups excluding carboxylic acids is 1. The van der Waals surface area contributed by atoms with E-state index >= 15 is 0 Å². The van der Waals surface area contributed by atoms with E-state index in [9.17, 15) is 13.2 Å². The SMILES string of the molecule is Cc1cccc(N2CC3CC(C2=O)S3(=O)=O)c1. The summed E-state index contributed by atoms with van der Waals surface area (Å²) in [7, 11) is -3.16. The molecule has 0 saturated carbocycles. The predicted octanol–water partition coefficient (Wildman–Crippen LogP) is 0.897. The normalized spacial score (nSPS) is 29.9. The van der Waals surface area contributed by atoms with E-state index in [2.05, 4.69) is 0 Å². The molecule has 2 unspecified atom stereocenters. The van der Waals surface area contributed by atoms with Crippen LogP contribution in [0.3, 0.4) is 0 Å². The highest BCUT2D eigenvalue weighted by Gasteiger charge is 2.57. The van der Waals surface area contributed by atoms with Gasteiger partial charge in [0.1, 0.15) is 5.25 Å². The predicted molar refractivity (Wildman–Crippen MR) is 64.6 cm³/mol. The number of aryl methyl sites for hydroxylation is 1. The van der Waals surface area contributed by atoms with E-state index < -0.39 is 15.1 Å².